The summed E-state index contributed by atoms with van der Waals surface area (Å²) in [6, 6.07) is 11.5. The van der Waals surface area contributed by atoms with Crippen molar-refractivity contribution in [1.29, 1.82) is 0 Å². The van der Waals surface area contributed by atoms with E-state index in [-0.39, 0.29) is 0 Å². The number of benzene rings is 1. The number of rotatable bonds is 30. The van der Waals surface area contributed by atoms with Crippen LogP contribution in [0.1, 0.15) is 25.7 Å². The highest BCUT2D eigenvalue weighted by Gasteiger charge is 2.40. The SMILES string of the molecule is CO[Si](CCCN(CCC[Si](OC)(OC)OC)c1ccc(N(CCC[Si](OC)(OC)OC)CCC[Si](OC)(OC)OC)cc1)(OC)OC. The van der Waals surface area contributed by atoms with Crippen LogP contribution in [0.5, 0.6) is 0 Å². The normalized spacial score (nSPS) is 12.9. The van der Waals surface area contributed by atoms with Gasteiger partial charge < -0.3 is 62.9 Å². The van der Waals surface area contributed by atoms with E-state index in [0.717, 1.165) is 63.2 Å². The fraction of sp³-hybridized carbons (Fsp3) is 0.800. The third-order valence-corrected chi connectivity index (χ3v) is 20.3. The van der Waals surface area contributed by atoms with Crippen molar-refractivity contribution in [2.45, 2.75) is 49.9 Å². The Bertz CT molecular complexity index is 796. The zero-order valence-electron chi connectivity index (χ0n) is 31.6. The molecular formula is C30H64N2O12Si4. The van der Waals surface area contributed by atoms with E-state index in [1.54, 1.807) is 85.3 Å². The maximum atomic E-state index is 5.67. The fourth-order valence-corrected chi connectivity index (χ4v) is 12.6. The van der Waals surface area contributed by atoms with Gasteiger partial charge in [-0.25, -0.2) is 0 Å². The first kappa shape index (κ1) is 45.2. The van der Waals surface area contributed by atoms with Gasteiger partial charge in [0.05, 0.1) is 0 Å². The molecule has 0 amide bonds. The van der Waals surface area contributed by atoms with Crippen molar-refractivity contribution in [3.8, 4) is 0 Å². The van der Waals surface area contributed by atoms with Gasteiger partial charge in [0.25, 0.3) is 0 Å². The van der Waals surface area contributed by atoms with E-state index in [1.165, 1.54) is 0 Å². The lowest BCUT2D eigenvalue weighted by molar-refractivity contribution is 0.122. The molecule has 14 nitrogen and oxygen atoms in total. The van der Waals surface area contributed by atoms with E-state index >= 15 is 0 Å². The third kappa shape index (κ3) is 13.4. The average molecular weight is 757 g/mol. The first-order valence-corrected chi connectivity index (χ1v) is 24.0. The molecule has 0 aromatic heterocycles. The molecule has 48 heavy (non-hydrogen) atoms. The van der Waals surface area contributed by atoms with Crippen molar-refractivity contribution >= 4 is 46.6 Å². The van der Waals surface area contributed by atoms with Crippen LogP contribution in [0.4, 0.5) is 11.4 Å². The van der Waals surface area contributed by atoms with Crippen LogP contribution in [0.3, 0.4) is 0 Å². The zero-order valence-corrected chi connectivity index (χ0v) is 35.6. The van der Waals surface area contributed by atoms with Gasteiger partial charge in [0.1, 0.15) is 0 Å². The molecule has 1 aromatic rings. The number of anilines is 2. The summed E-state index contributed by atoms with van der Waals surface area (Å²) in [5, 5.41) is 0. The molecule has 0 unspecified atom stereocenters. The number of nitrogens with zero attached hydrogens (tertiary/aromatic N) is 2. The van der Waals surface area contributed by atoms with Crippen molar-refractivity contribution in [3.05, 3.63) is 24.3 Å². The largest absolute Gasteiger partial charge is 0.500 e. The summed E-state index contributed by atoms with van der Waals surface area (Å²) in [6.07, 6.45) is 3.35. The summed E-state index contributed by atoms with van der Waals surface area (Å²) >= 11 is 0. The monoisotopic (exact) mass is 756 g/mol. The molecule has 1 aromatic carbocycles. The standard InChI is InChI=1S/C30H64N2O12Si4/c1-33-45(34-2,35-3)25-13-21-31(22-14-26-46(36-4,37-5)38-6)29-17-19-30(20-18-29)32(23-15-27-47(39-7,40-8)41-9)24-16-28-48(42-10,43-11)44-12/h17-20H,13-16,21-28H2,1-12H3. The van der Waals surface area contributed by atoms with Gasteiger partial charge >= 0.3 is 35.2 Å². The lowest BCUT2D eigenvalue weighted by Crippen LogP contribution is -2.44. The van der Waals surface area contributed by atoms with Crippen LogP contribution in [0.15, 0.2) is 24.3 Å². The lowest BCUT2D eigenvalue weighted by Gasteiger charge is -2.31. The Morgan fingerprint density at radius 2 is 0.500 bits per heavy atom. The predicted octanol–water partition coefficient (Wildman–Crippen LogP) is 4.37. The molecule has 18 heteroatoms. The second-order valence-electron chi connectivity index (χ2n) is 11.1. The Kier molecular flexibility index (Phi) is 22.3. The van der Waals surface area contributed by atoms with Gasteiger partial charge in [0.15, 0.2) is 0 Å². The van der Waals surface area contributed by atoms with Crippen molar-refractivity contribution in [3.63, 3.8) is 0 Å². The van der Waals surface area contributed by atoms with E-state index in [4.69, 9.17) is 53.1 Å². The van der Waals surface area contributed by atoms with Crippen LogP contribution in [0, 0.1) is 0 Å². The molecule has 1 rings (SSSR count). The van der Waals surface area contributed by atoms with E-state index < -0.39 is 35.2 Å². The van der Waals surface area contributed by atoms with Gasteiger partial charge in [-0.05, 0) is 49.9 Å². The highest BCUT2D eigenvalue weighted by molar-refractivity contribution is 6.61. The van der Waals surface area contributed by atoms with Gasteiger partial charge in [0, 0.05) is 147 Å². The number of hydrogen-bond donors (Lipinski definition) is 0. The highest BCUT2D eigenvalue weighted by Crippen LogP contribution is 2.27. The van der Waals surface area contributed by atoms with Crippen LogP contribution in [0.2, 0.25) is 24.2 Å². The molecule has 0 atom stereocenters. The fourth-order valence-electron chi connectivity index (χ4n) is 5.78. The van der Waals surface area contributed by atoms with Gasteiger partial charge in [-0.3, -0.25) is 0 Å². The molecule has 0 spiro atoms. The first-order chi connectivity index (χ1) is 23.1. The van der Waals surface area contributed by atoms with Gasteiger partial charge in [-0.15, -0.1) is 0 Å². The van der Waals surface area contributed by atoms with Gasteiger partial charge in [-0.2, -0.15) is 0 Å². The molecule has 0 N–H and O–H groups in total. The second kappa shape index (κ2) is 23.6. The van der Waals surface area contributed by atoms with Crippen LogP contribution in [0.25, 0.3) is 0 Å². The molecule has 0 saturated carbocycles. The molecule has 0 aliphatic carbocycles. The van der Waals surface area contributed by atoms with E-state index in [1.807, 2.05) is 0 Å². The summed E-state index contributed by atoms with van der Waals surface area (Å²) < 4.78 is 68.0. The summed E-state index contributed by atoms with van der Waals surface area (Å²) in [5.41, 5.74) is 2.23. The molecule has 0 heterocycles. The molecule has 0 fully saturated rings. The Balaban J connectivity index is 3.24. The average Bonchev–Trinajstić information content (AvgIpc) is 3.15. The van der Waals surface area contributed by atoms with Crippen LogP contribution < -0.4 is 9.80 Å². The van der Waals surface area contributed by atoms with Crippen LogP contribution in [-0.2, 0) is 53.1 Å². The van der Waals surface area contributed by atoms with Crippen molar-refractivity contribution in [2.75, 3.05) is 121 Å². The Morgan fingerprint density at radius 1 is 0.333 bits per heavy atom. The Labute approximate surface area is 294 Å². The van der Waals surface area contributed by atoms with Gasteiger partial charge in [0.2, 0.25) is 0 Å². The molecule has 0 bridgehead atoms. The van der Waals surface area contributed by atoms with Crippen molar-refractivity contribution < 1.29 is 53.1 Å². The maximum absolute atomic E-state index is 5.67. The molecule has 282 valence electrons. The minimum atomic E-state index is -2.69. The van der Waals surface area contributed by atoms with E-state index in [9.17, 15) is 0 Å². The Morgan fingerprint density at radius 3 is 0.646 bits per heavy atom. The van der Waals surface area contributed by atoms with E-state index in [2.05, 4.69) is 34.1 Å². The van der Waals surface area contributed by atoms with E-state index in [0.29, 0.717) is 24.2 Å². The predicted molar refractivity (Wildman–Crippen MR) is 196 cm³/mol. The quantitative estimate of drug-likeness (QED) is 0.103. The maximum Gasteiger partial charge on any atom is 0.500 e. The zero-order chi connectivity index (χ0) is 36.1. The molecular weight excluding hydrogens is 693 g/mol. The van der Waals surface area contributed by atoms with Crippen LogP contribution >= 0.6 is 0 Å². The van der Waals surface area contributed by atoms with Crippen molar-refractivity contribution in [2.24, 2.45) is 0 Å². The summed E-state index contributed by atoms with van der Waals surface area (Å²) in [6.45, 7) is 3.19. The molecule has 0 aliphatic heterocycles. The number of hydrogen-bond acceptors (Lipinski definition) is 14. The smallest absolute Gasteiger partial charge is 0.377 e. The minimum absolute atomic E-state index is 0.705. The summed E-state index contributed by atoms with van der Waals surface area (Å²) in [4.78, 5) is 4.75. The minimum Gasteiger partial charge on any atom is -0.377 e. The van der Waals surface area contributed by atoms with Gasteiger partial charge in [-0.1, -0.05) is 0 Å². The lowest BCUT2D eigenvalue weighted by atomic mass is 10.2. The molecule has 0 radical (unpaired) electrons. The summed E-state index contributed by atoms with van der Waals surface area (Å²) in [7, 11) is 9.02. The second-order valence-corrected chi connectivity index (χ2v) is 23.4. The molecule has 0 aliphatic rings. The summed E-state index contributed by atoms with van der Waals surface area (Å²) in [5.74, 6) is 0. The highest BCUT2D eigenvalue weighted by atomic mass is 28.4. The Hall–Kier alpha value is -0.792. The third-order valence-electron chi connectivity index (χ3n) is 8.96. The van der Waals surface area contributed by atoms with Crippen molar-refractivity contribution in [1.82, 2.24) is 0 Å². The van der Waals surface area contributed by atoms with Crippen LogP contribution in [-0.4, -0.2) is 147 Å². The molecule has 0 saturated heterocycles. The first-order valence-electron chi connectivity index (χ1n) is 16.3. The topological polar surface area (TPSA) is 117 Å².